The molecule has 0 radical (unpaired) electrons. The maximum atomic E-state index is 11.6. The van der Waals surface area contributed by atoms with Crippen molar-refractivity contribution in [1.82, 2.24) is 0 Å². The molecule has 0 bridgehead atoms. The highest BCUT2D eigenvalue weighted by molar-refractivity contribution is 7.54. The van der Waals surface area contributed by atoms with Crippen LogP contribution in [0.15, 0.2) is 12.2 Å². The smallest absolute Gasteiger partial charge is 0.366 e. The summed E-state index contributed by atoms with van der Waals surface area (Å²) in [5.74, 6) is -1.02. The number of carbonyl (C=O) groups excluding carboxylic acids is 1. The van der Waals surface area contributed by atoms with Crippen molar-refractivity contribution < 1.29 is 28.7 Å². The quantitative estimate of drug-likeness (QED) is 0.355. The minimum Gasteiger partial charge on any atom is -0.366 e. The van der Waals surface area contributed by atoms with Gasteiger partial charge in [0.15, 0.2) is 0 Å². The van der Waals surface area contributed by atoms with Crippen LogP contribution in [-0.4, -0.2) is 58.2 Å². The summed E-state index contributed by atoms with van der Waals surface area (Å²) in [5, 5.41) is 7.24. The normalized spacial score (nSPS) is 16.7. The fraction of sp³-hybridized carbons (Fsp3) is 0.667. The van der Waals surface area contributed by atoms with Gasteiger partial charge in [0.25, 0.3) is 5.34 Å². The van der Waals surface area contributed by atoms with Gasteiger partial charge in [0.2, 0.25) is 5.78 Å². The average Bonchev–Trinajstić information content (AvgIpc) is 1.97. The number of carbonyl (C=O) groups is 1. The van der Waals surface area contributed by atoms with Crippen molar-refractivity contribution in [1.29, 1.82) is 0 Å². The zero-order chi connectivity index (χ0) is 13.4. The first kappa shape index (κ1) is 15.5. The highest BCUT2D eigenvalue weighted by atomic mass is 31.2. The van der Waals surface area contributed by atoms with Crippen LogP contribution in [0.1, 0.15) is 6.92 Å². The van der Waals surface area contributed by atoms with Crippen molar-refractivity contribution in [3.8, 4) is 0 Å². The van der Waals surface area contributed by atoms with Crippen LogP contribution in [0.3, 0.4) is 0 Å². The van der Waals surface area contributed by atoms with Gasteiger partial charge in [-0.15, -0.1) is 0 Å². The summed E-state index contributed by atoms with van der Waals surface area (Å²) in [5.41, 5.74) is -0.0840. The summed E-state index contributed by atoms with van der Waals surface area (Å²) in [6.45, 7) is 4.22. The number of Topliss-reactive ketones (excluding diaryl/α,β-unsaturated/α-hetero) is 1. The highest BCUT2D eigenvalue weighted by Gasteiger charge is 2.55. The largest absolute Gasteiger partial charge is 0.370 e. The summed E-state index contributed by atoms with van der Waals surface area (Å²) in [4.78, 5) is 29.9. The first-order valence-corrected chi connectivity index (χ1v) is 6.21. The molecule has 1 atom stereocenters. The van der Waals surface area contributed by atoms with Gasteiger partial charge in [-0.1, -0.05) is 6.58 Å². The van der Waals surface area contributed by atoms with Crippen molar-refractivity contribution in [3.05, 3.63) is 12.2 Å². The lowest BCUT2D eigenvalue weighted by atomic mass is 10.1. The van der Waals surface area contributed by atoms with Gasteiger partial charge < -0.3 is 19.4 Å². The van der Waals surface area contributed by atoms with E-state index in [9.17, 15) is 14.5 Å². The summed E-state index contributed by atoms with van der Waals surface area (Å²) in [6, 6.07) is 0. The van der Waals surface area contributed by atoms with E-state index >= 15 is 0 Å². The number of aliphatic hydroxyl groups is 1. The SMILES string of the molecule is C=C(C)C(=O)C(O)(C[N+](C)(C)C)P(=O)(O)O. The molecule has 6 nitrogen and oxygen atoms in total. The van der Waals surface area contributed by atoms with Crippen LogP contribution in [0.25, 0.3) is 0 Å². The Labute approximate surface area is 94.9 Å². The summed E-state index contributed by atoms with van der Waals surface area (Å²) in [7, 11) is -0.112. The molecule has 0 aliphatic rings. The molecule has 0 fully saturated rings. The molecule has 0 aliphatic carbocycles. The van der Waals surface area contributed by atoms with Gasteiger partial charge in [0, 0.05) is 0 Å². The lowest BCUT2D eigenvalue weighted by molar-refractivity contribution is -0.873. The summed E-state index contributed by atoms with van der Waals surface area (Å²) < 4.78 is 11.3. The molecule has 16 heavy (non-hydrogen) atoms. The molecule has 3 N–H and O–H groups in total. The van der Waals surface area contributed by atoms with Crippen molar-refractivity contribution >= 4 is 13.4 Å². The second-order valence-electron chi connectivity index (χ2n) is 4.92. The topological polar surface area (TPSA) is 94.8 Å². The van der Waals surface area contributed by atoms with E-state index in [1.54, 1.807) is 21.1 Å². The molecular weight excluding hydrogens is 233 g/mol. The van der Waals surface area contributed by atoms with Gasteiger partial charge in [0.1, 0.15) is 6.54 Å². The van der Waals surface area contributed by atoms with E-state index in [1.165, 1.54) is 6.92 Å². The zero-order valence-electron chi connectivity index (χ0n) is 9.97. The molecule has 0 aromatic heterocycles. The number of rotatable bonds is 5. The van der Waals surface area contributed by atoms with Crippen molar-refractivity contribution in [2.24, 2.45) is 0 Å². The second kappa shape index (κ2) is 4.39. The average molecular weight is 252 g/mol. The van der Waals surface area contributed by atoms with Gasteiger partial charge >= 0.3 is 7.60 Å². The van der Waals surface area contributed by atoms with Crippen LogP contribution in [0.4, 0.5) is 0 Å². The Morgan fingerprint density at radius 1 is 1.38 bits per heavy atom. The molecule has 0 aliphatic heterocycles. The van der Waals surface area contributed by atoms with Gasteiger partial charge in [-0.25, -0.2) is 0 Å². The standard InChI is InChI=1S/C9H18NO5P/c1-7(2)8(11)9(12,16(13,14)15)6-10(3,4)5/h12H,1,6H2,2-5H3,(H-,13,14,15)/p+1. The van der Waals surface area contributed by atoms with E-state index in [4.69, 9.17) is 9.79 Å². The number of quaternary nitrogens is 1. The van der Waals surface area contributed by atoms with E-state index in [-0.39, 0.29) is 16.6 Å². The third-order valence-electron chi connectivity index (χ3n) is 1.93. The lowest BCUT2D eigenvalue weighted by Gasteiger charge is -2.34. The molecule has 0 saturated carbocycles. The Kier molecular flexibility index (Phi) is 4.25. The predicted octanol–water partition coefficient (Wildman–Crippen LogP) is -0.296. The van der Waals surface area contributed by atoms with Crippen molar-refractivity contribution in [3.63, 3.8) is 0 Å². The third kappa shape index (κ3) is 3.50. The molecule has 0 heterocycles. The van der Waals surface area contributed by atoms with Crippen molar-refractivity contribution in [2.75, 3.05) is 27.7 Å². The lowest BCUT2D eigenvalue weighted by Crippen LogP contribution is -2.53. The zero-order valence-corrected chi connectivity index (χ0v) is 10.9. The number of hydrogen-bond donors (Lipinski definition) is 3. The van der Waals surface area contributed by atoms with Crippen LogP contribution in [0.5, 0.6) is 0 Å². The molecule has 7 heteroatoms. The van der Waals surface area contributed by atoms with Gasteiger partial charge in [-0.3, -0.25) is 9.36 Å². The van der Waals surface area contributed by atoms with Gasteiger partial charge in [0.05, 0.1) is 21.1 Å². The van der Waals surface area contributed by atoms with Gasteiger partial charge in [-0.2, -0.15) is 0 Å². The summed E-state index contributed by atoms with van der Waals surface area (Å²) >= 11 is 0. The Morgan fingerprint density at radius 3 is 1.94 bits per heavy atom. The van der Waals surface area contributed by atoms with E-state index in [1.807, 2.05) is 0 Å². The highest BCUT2D eigenvalue weighted by Crippen LogP contribution is 2.50. The Morgan fingerprint density at radius 2 is 1.75 bits per heavy atom. The molecule has 94 valence electrons. The minimum atomic E-state index is -4.96. The summed E-state index contributed by atoms with van der Waals surface area (Å²) in [6.07, 6.45) is 0. The van der Waals surface area contributed by atoms with E-state index in [0.29, 0.717) is 0 Å². The number of hydrogen-bond acceptors (Lipinski definition) is 3. The van der Waals surface area contributed by atoms with E-state index < -0.39 is 18.7 Å². The second-order valence-corrected chi connectivity index (χ2v) is 6.75. The Hall–Kier alpha value is -0.520. The van der Waals surface area contributed by atoms with Crippen LogP contribution in [0.2, 0.25) is 0 Å². The number of likely N-dealkylation sites (N-methyl/N-ethyl adjacent to an activating group) is 1. The fourth-order valence-corrected chi connectivity index (χ4v) is 2.36. The maximum absolute atomic E-state index is 11.6. The monoisotopic (exact) mass is 252 g/mol. The fourth-order valence-electron chi connectivity index (χ4n) is 1.30. The Bertz CT molecular complexity index is 353. The van der Waals surface area contributed by atoms with Crippen LogP contribution in [-0.2, 0) is 9.36 Å². The maximum Gasteiger partial charge on any atom is 0.370 e. The van der Waals surface area contributed by atoms with E-state index in [2.05, 4.69) is 6.58 Å². The van der Waals surface area contributed by atoms with E-state index in [0.717, 1.165) is 0 Å². The minimum absolute atomic E-state index is 0.0423. The molecule has 1 unspecified atom stereocenters. The molecule has 0 aromatic carbocycles. The van der Waals surface area contributed by atoms with Crippen LogP contribution < -0.4 is 0 Å². The number of nitrogens with zero attached hydrogens (tertiary/aromatic N) is 1. The molecule has 0 rings (SSSR count). The van der Waals surface area contributed by atoms with Crippen LogP contribution >= 0.6 is 7.60 Å². The third-order valence-corrected chi connectivity index (χ3v) is 3.24. The van der Waals surface area contributed by atoms with Crippen molar-refractivity contribution in [2.45, 2.75) is 12.3 Å². The molecular formula is C9H19NO5P+. The molecule has 0 saturated heterocycles. The molecule has 0 aromatic rings. The van der Waals surface area contributed by atoms with Crippen LogP contribution in [0, 0.1) is 0 Å². The predicted molar refractivity (Wildman–Crippen MR) is 59.7 cm³/mol. The van der Waals surface area contributed by atoms with Gasteiger partial charge in [-0.05, 0) is 12.5 Å². The number of ketones is 1. The Balaban J connectivity index is 5.48. The first-order chi connectivity index (χ1) is 6.81. The molecule has 0 spiro atoms. The first-order valence-electron chi connectivity index (χ1n) is 4.60. The molecule has 0 amide bonds.